The van der Waals surface area contributed by atoms with Gasteiger partial charge in [-0.05, 0) is 18.9 Å². The largest absolute Gasteiger partial charge is 0.550 e. The zero-order valence-electron chi connectivity index (χ0n) is 10.4. The third kappa shape index (κ3) is 2.88. The van der Waals surface area contributed by atoms with Crippen molar-refractivity contribution in [2.45, 2.75) is 19.8 Å². The minimum Gasteiger partial charge on any atom is -0.550 e. The highest BCUT2D eigenvalue weighted by molar-refractivity contribution is 5.85. The standard InChI is InChI=1S/C14H17NO3/c1-10-2-4-11(5-3-10)6-7-15-9-12(14(17)18)8-13(15)16/h2-5,12H,6-9H2,1H3,(H,17,18)/p-1. The fraction of sp³-hybridized carbons (Fsp3) is 0.429. The molecule has 0 N–H and O–H groups in total. The van der Waals surface area contributed by atoms with Crippen molar-refractivity contribution in [2.75, 3.05) is 13.1 Å². The number of hydrogen-bond acceptors (Lipinski definition) is 3. The second-order valence-electron chi connectivity index (χ2n) is 4.80. The zero-order chi connectivity index (χ0) is 13.1. The number of benzene rings is 1. The molecule has 1 amide bonds. The molecular formula is C14H16NO3-. The van der Waals surface area contributed by atoms with Crippen LogP contribution < -0.4 is 5.11 Å². The van der Waals surface area contributed by atoms with Crippen LogP contribution in [-0.4, -0.2) is 29.9 Å². The molecule has 1 fully saturated rings. The quantitative estimate of drug-likeness (QED) is 0.759. The van der Waals surface area contributed by atoms with Crippen molar-refractivity contribution in [1.29, 1.82) is 0 Å². The predicted octanol–water partition coefficient (Wildman–Crippen LogP) is 0.136. The van der Waals surface area contributed by atoms with E-state index in [0.717, 1.165) is 12.0 Å². The van der Waals surface area contributed by atoms with Crippen LogP contribution in [0.2, 0.25) is 0 Å². The number of carboxylic acid groups (broad SMARTS) is 1. The summed E-state index contributed by atoms with van der Waals surface area (Å²) in [6.07, 6.45) is 0.835. The molecule has 1 aliphatic rings. The SMILES string of the molecule is Cc1ccc(CCN2CC(C(=O)[O-])CC2=O)cc1. The summed E-state index contributed by atoms with van der Waals surface area (Å²) in [5, 5.41) is 10.7. The first kappa shape index (κ1) is 12.6. The second-order valence-corrected chi connectivity index (χ2v) is 4.80. The van der Waals surface area contributed by atoms with Crippen molar-refractivity contribution in [3.63, 3.8) is 0 Å². The molecule has 0 radical (unpaired) electrons. The molecule has 1 aliphatic heterocycles. The van der Waals surface area contributed by atoms with Crippen LogP contribution in [0.3, 0.4) is 0 Å². The Morgan fingerprint density at radius 1 is 1.39 bits per heavy atom. The average molecular weight is 246 g/mol. The number of aryl methyl sites for hydroxylation is 1. The number of carbonyl (C=O) groups excluding carboxylic acids is 2. The smallest absolute Gasteiger partial charge is 0.223 e. The molecule has 0 saturated carbocycles. The Morgan fingerprint density at radius 2 is 2.06 bits per heavy atom. The summed E-state index contributed by atoms with van der Waals surface area (Å²) >= 11 is 0. The highest BCUT2D eigenvalue weighted by Gasteiger charge is 2.29. The maximum atomic E-state index is 11.6. The third-order valence-electron chi connectivity index (χ3n) is 3.34. The molecule has 0 spiro atoms. The fourth-order valence-electron chi connectivity index (χ4n) is 2.16. The summed E-state index contributed by atoms with van der Waals surface area (Å²) in [6, 6.07) is 8.13. The van der Waals surface area contributed by atoms with Gasteiger partial charge in [0.15, 0.2) is 0 Å². The highest BCUT2D eigenvalue weighted by atomic mass is 16.4. The van der Waals surface area contributed by atoms with E-state index in [2.05, 4.69) is 0 Å². The summed E-state index contributed by atoms with van der Waals surface area (Å²) in [6.45, 7) is 2.89. The van der Waals surface area contributed by atoms with E-state index in [1.807, 2.05) is 31.2 Å². The zero-order valence-corrected chi connectivity index (χ0v) is 10.4. The van der Waals surface area contributed by atoms with Gasteiger partial charge in [-0.15, -0.1) is 0 Å². The maximum Gasteiger partial charge on any atom is 0.223 e. The van der Waals surface area contributed by atoms with E-state index in [0.29, 0.717) is 6.54 Å². The molecule has 4 nitrogen and oxygen atoms in total. The van der Waals surface area contributed by atoms with Crippen molar-refractivity contribution in [1.82, 2.24) is 4.90 Å². The molecule has 1 heterocycles. The van der Waals surface area contributed by atoms with Gasteiger partial charge < -0.3 is 14.8 Å². The van der Waals surface area contributed by atoms with Crippen molar-refractivity contribution < 1.29 is 14.7 Å². The van der Waals surface area contributed by atoms with Crippen LogP contribution >= 0.6 is 0 Å². The van der Waals surface area contributed by atoms with Gasteiger partial charge in [-0.2, -0.15) is 0 Å². The van der Waals surface area contributed by atoms with E-state index >= 15 is 0 Å². The Balaban J connectivity index is 1.89. The minimum absolute atomic E-state index is 0.0796. The fourth-order valence-corrected chi connectivity index (χ4v) is 2.16. The molecule has 1 atom stereocenters. The third-order valence-corrected chi connectivity index (χ3v) is 3.34. The minimum atomic E-state index is -1.12. The van der Waals surface area contributed by atoms with Crippen LogP contribution in [0.5, 0.6) is 0 Å². The summed E-state index contributed by atoms with van der Waals surface area (Å²) in [5.74, 6) is -1.85. The average Bonchev–Trinajstić information content (AvgIpc) is 2.70. The van der Waals surface area contributed by atoms with E-state index in [9.17, 15) is 14.7 Å². The van der Waals surface area contributed by atoms with Gasteiger partial charge in [0.25, 0.3) is 0 Å². The topological polar surface area (TPSA) is 60.4 Å². The normalized spacial score (nSPS) is 19.3. The van der Waals surface area contributed by atoms with Gasteiger partial charge in [-0.25, -0.2) is 0 Å². The van der Waals surface area contributed by atoms with Gasteiger partial charge >= 0.3 is 0 Å². The Hall–Kier alpha value is -1.84. The summed E-state index contributed by atoms with van der Waals surface area (Å²) in [4.78, 5) is 23.9. The van der Waals surface area contributed by atoms with Crippen molar-refractivity contribution in [3.8, 4) is 0 Å². The summed E-state index contributed by atoms with van der Waals surface area (Å²) in [5.41, 5.74) is 2.36. The number of rotatable bonds is 4. The molecule has 1 saturated heterocycles. The van der Waals surface area contributed by atoms with Crippen LogP contribution in [0.15, 0.2) is 24.3 Å². The molecule has 1 unspecified atom stereocenters. The molecule has 0 aliphatic carbocycles. The van der Waals surface area contributed by atoms with E-state index in [1.165, 1.54) is 5.56 Å². The molecule has 1 aromatic rings. The van der Waals surface area contributed by atoms with Gasteiger partial charge in [0, 0.05) is 31.4 Å². The molecule has 0 aromatic heterocycles. The first-order valence-electron chi connectivity index (χ1n) is 6.10. The van der Waals surface area contributed by atoms with Crippen molar-refractivity contribution in [3.05, 3.63) is 35.4 Å². The van der Waals surface area contributed by atoms with Gasteiger partial charge in [-0.3, -0.25) is 4.79 Å². The van der Waals surface area contributed by atoms with E-state index in [-0.39, 0.29) is 18.9 Å². The molecule has 2 rings (SSSR count). The number of amides is 1. The summed E-state index contributed by atoms with van der Waals surface area (Å²) < 4.78 is 0. The predicted molar refractivity (Wildman–Crippen MR) is 64.6 cm³/mol. The highest BCUT2D eigenvalue weighted by Crippen LogP contribution is 2.17. The Bertz CT molecular complexity index is 453. The van der Waals surface area contributed by atoms with Crippen LogP contribution in [0.25, 0.3) is 0 Å². The molecule has 4 heteroatoms. The first-order valence-corrected chi connectivity index (χ1v) is 6.10. The maximum absolute atomic E-state index is 11.6. The van der Waals surface area contributed by atoms with Crippen LogP contribution in [0.1, 0.15) is 17.5 Å². The molecule has 0 bridgehead atoms. The van der Waals surface area contributed by atoms with E-state index in [4.69, 9.17) is 0 Å². The number of hydrogen-bond donors (Lipinski definition) is 0. The molecule has 1 aromatic carbocycles. The Morgan fingerprint density at radius 3 is 2.61 bits per heavy atom. The van der Waals surface area contributed by atoms with Crippen molar-refractivity contribution in [2.24, 2.45) is 5.92 Å². The number of carboxylic acids is 1. The monoisotopic (exact) mass is 246 g/mol. The Kier molecular flexibility index (Phi) is 3.65. The van der Waals surface area contributed by atoms with E-state index < -0.39 is 11.9 Å². The first-order chi connectivity index (χ1) is 8.56. The lowest BCUT2D eigenvalue weighted by Gasteiger charge is -2.17. The molecule has 96 valence electrons. The van der Waals surface area contributed by atoms with Gasteiger partial charge in [0.05, 0.1) is 0 Å². The summed E-state index contributed by atoms with van der Waals surface area (Å²) in [7, 11) is 0. The number of nitrogens with zero attached hydrogens (tertiary/aromatic N) is 1. The van der Waals surface area contributed by atoms with Gasteiger partial charge in [-0.1, -0.05) is 29.8 Å². The van der Waals surface area contributed by atoms with Crippen LogP contribution in [0.4, 0.5) is 0 Å². The lowest BCUT2D eigenvalue weighted by molar-refractivity contribution is -0.311. The lowest BCUT2D eigenvalue weighted by atomic mass is 10.1. The number of aliphatic carboxylic acids is 1. The lowest BCUT2D eigenvalue weighted by Crippen LogP contribution is -2.34. The van der Waals surface area contributed by atoms with Crippen LogP contribution in [0, 0.1) is 12.8 Å². The molecule has 18 heavy (non-hydrogen) atoms. The van der Waals surface area contributed by atoms with Gasteiger partial charge in [0.2, 0.25) is 5.91 Å². The van der Waals surface area contributed by atoms with Crippen molar-refractivity contribution >= 4 is 11.9 Å². The number of likely N-dealkylation sites (tertiary alicyclic amines) is 1. The van der Waals surface area contributed by atoms with E-state index in [1.54, 1.807) is 4.90 Å². The second kappa shape index (κ2) is 5.21. The van der Waals surface area contributed by atoms with Crippen LogP contribution in [-0.2, 0) is 16.0 Å². The Labute approximate surface area is 106 Å². The number of carbonyl (C=O) groups is 2. The van der Waals surface area contributed by atoms with Gasteiger partial charge in [0.1, 0.15) is 0 Å². The molecular weight excluding hydrogens is 230 g/mol.